The molecule has 3 rings (SSSR count). The molecule has 2 saturated heterocycles. The number of halogens is 1. The number of anilines is 1. The van der Waals surface area contributed by atoms with Crippen LogP contribution in [-0.2, 0) is 9.59 Å². The van der Waals surface area contributed by atoms with Crippen molar-refractivity contribution in [1.29, 1.82) is 0 Å². The summed E-state index contributed by atoms with van der Waals surface area (Å²) < 4.78 is 0. The molecule has 5 nitrogen and oxygen atoms in total. The Hall–Kier alpha value is -1.59. The molecule has 2 heterocycles. The van der Waals surface area contributed by atoms with Crippen LogP contribution in [0.1, 0.15) is 26.2 Å². The molecule has 3 atom stereocenters. The quantitative estimate of drug-likeness (QED) is 0.887. The number of carbonyl (C=O) groups is 2. The van der Waals surface area contributed by atoms with Crippen molar-refractivity contribution in [2.45, 2.75) is 38.3 Å². The minimum atomic E-state index is -0.285. The van der Waals surface area contributed by atoms with Crippen molar-refractivity contribution in [2.24, 2.45) is 5.92 Å². The van der Waals surface area contributed by atoms with Crippen LogP contribution in [0.2, 0.25) is 5.02 Å². The molecule has 1 aromatic rings. The minimum Gasteiger partial charge on any atom is -0.352 e. The van der Waals surface area contributed by atoms with E-state index in [1.54, 1.807) is 17.0 Å². The van der Waals surface area contributed by atoms with Crippen molar-refractivity contribution >= 4 is 29.1 Å². The number of amides is 2. The fourth-order valence-electron chi connectivity index (χ4n) is 3.30. The summed E-state index contributed by atoms with van der Waals surface area (Å²) in [7, 11) is 0. The first-order valence-electron chi connectivity index (χ1n) is 8.14. The zero-order chi connectivity index (χ0) is 16.4. The van der Waals surface area contributed by atoms with Gasteiger partial charge < -0.3 is 15.5 Å². The lowest BCUT2D eigenvalue weighted by Gasteiger charge is -2.31. The zero-order valence-electron chi connectivity index (χ0n) is 13.2. The van der Waals surface area contributed by atoms with Gasteiger partial charge in [0.2, 0.25) is 11.8 Å². The average molecular weight is 336 g/mol. The highest BCUT2D eigenvalue weighted by molar-refractivity contribution is 6.30. The second-order valence-corrected chi connectivity index (χ2v) is 6.82. The van der Waals surface area contributed by atoms with E-state index in [1.165, 1.54) is 0 Å². The highest BCUT2D eigenvalue weighted by atomic mass is 35.5. The van der Waals surface area contributed by atoms with Crippen molar-refractivity contribution in [3.8, 4) is 0 Å². The maximum Gasteiger partial charge on any atom is 0.227 e. The van der Waals surface area contributed by atoms with Crippen molar-refractivity contribution < 1.29 is 9.59 Å². The van der Waals surface area contributed by atoms with E-state index < -0.39 is 0 Å². The minimum absolute atomic E-state index is 0.0118. The number of carbonyl (C=O) groups excluding carboxylic acids is 2. The normalized spacial score (nSPS) is 28.0. The molecule has 23 heavy (non-hydrogen) atoms. The van der Waals surface area contributed by atoms with Crippen LogP contribution in [0.4, 0.5) is 5.69 Å². The van der Waals surface area contributed by atoms with Gasteiger partial charge in [-0.1, -0.05) is 11.6 Å². The second kappa shape index (κ2) is 6.89. The molecule has 2 aliphatic heterocycles. The van der Waals surface area contributed by atoms with Gasteiger partial charge >= 0.3 is 0 Å². The summed E-state index contributed by atoms with van der Waals surface area (Å²) in [5.41, 5.74) is 0.794. The fraction of sp³-hybridized carbons (Fsp3) is 0.529. The van der Waals surface area contributed by atoms with Crippen molar-refractivity contribution in [3.05, 3.63) is 29.3 Å². The Morgan fingerprint density at radius 3 is 2.78 bits per heavy atom. The highest BCUT2D eigenvalue weighted by Crippen LogP contribution is 2.26. The number of rotatable bonds is 3. The lowest BCUT2D eigenvalue weighted by molar-refractivity contribution is -0.127. The lowest BCUT2D eigenvalue weighted by Crippen LogP contribution is -2.53. The van der Waals surface area contributed by atoms with Gasteiger partial charge in [0.1, 0.15) is 0 Å². The van der Waals surface area contributed by atoms with E-state index in [0.717, 1.165) is 25.1 Å². The largest absolute Gasteiger partial charge is 0.352 e. The fourth-order valence-corrected chi connectivity index (χ4v) is 3.42. The van der Waals surface area contributed by atoms with E-state index in [9.17, 15) is 9.59 Å². The van der Waals surface area contributed by atoms with Gasteiger partial charge in [0.25, 0.3) is 0 Å². The van der Waals surface area contributed by atoms with Crippen LogP contribution in [0.25, 0.3) is 0 Å². The molecule has 0 spiro atoms. The second-order valence-electron chi connectivity index (χ2n) is 6.38. The smallest absolute Gasteiger partial charge is 0.227 e. The van der Waals surface area contributed by atoms with E-state index >= 15 is 0 Å². The van der Waals surface area contributed by atoms with E-state index in [1.807, 2.05) is 12.1 Å². The number of hydrogen-bond donors (Lipinski definition) is 2. The maximum absolute atomic E-state index is 12.5. The number of nitrogens with one attached hydrogen (secondary N) is 2. The summed E-state index contributed by atoms with van der Waals surface area (Å²) in [5, 5.41) is 7.12. The molecular formula is C17H22ClN3O2. The molecule has 6 heteroatoms. The van der Waals surface area contributed by atoms with E-state index in [-0.39, 0.29) is 36.2 Å². The van der Waals surface area contributed by atoms with Crippen LogP contribution in [0.3, 0.4) is 0 Å². The molecule has 1 aromatic carbocycles. The Labute approximate surface area is 141 Å². The van der Waals surface area contributed by atoms with Gasteiger partial charge in [-0.15, -0.1) is 0 Å². The third-order valence-electron chi connectivity index (χ3n) is 4.72. The van der Waals surface area contributed by atoms with Crippen LogP contribution in [0, 0.1) is 5.92 Å². The Bertz CT molecular complexity index is 590. The molecule has 2 N–H and O–H groups in total. The number of nitrogens with zero attached hydrogens (tertiary/aromatic N) is 1. The monoisotopic (exact) mass is 335 g/mol. The summed E-state index contributed by atoms with van der Waals surface area (Å²) in [6.07, 6.45) is 2.32. The molecule has 0 aliphatic carbocycles. The van der Waals surface area contributed by atoms with Gasteiger partial charge in [0.05, 0.1) is 5.92 Å². The predicted molar refractivity (Wildman–Crippen MR) is 90.5 cm³/mol. The molecule has 0 saturated carbocycles. The number of benzene rings is 1. The first-order chi connectivity index (χ1) is 11.0. The Kier molecular flexibility index (Phi) is 4.87. The van der Waals surface area contributed by atoms with Gasteiger partial charge in [0, 0.05) is 35.8 Å². The third kappa shape index (κ3) is 3.67. The Balaban J connectivity index is 1.62. The summed E-state index contributed by atoms with van der Waals surface area (Å²) in [6, 6.07) is 7.56. The SMILES string of the molecule is CC1NCCCC1NC(=O)C1CC(=O)N(c2ccc(Cl)cc2)C1. The average Bonchev–Trinajstić information content (AvgIpc) is 2.92. The standard InChI is InChI=1S/C17H22ClN3O2/c1-11-15(3-2-8-19-11)20-17(23)12-9-16(22)21(10-12)14-6-4-13(18)5-7-14/h4-7,11-12,15,19H,2-3,8-10H2,1H3,(H,20,23). The molecule has 2 fully saturated rings. The van der Waals surface area contributed by atoms with Gasteiger partial charge in [-0.2, -0.15) is 0 Å². The molecule has 0 aromatic heterocycles. The third-order valence-corrected chi connectivity index (χ3v) is 4.98. The van der Waals surface area contributed by atoms with Crippen molar-refractivity contribution in [3.63, 3.8) is 0 Å². The molecule has 124 valence electrons. The van der Waals surface area contributed by atoms with E-state index in [4.69, 9.17) is 11.6 Å². The Morgan fingerprint density at radius 2 is 2.09 bits per heavy atom. The van der Waals surface area contributed by atoms with Gasteiger partial charge in [-0.3, -0.25) is 9.59 Å². The van der Waals surface area contributed by atoms with Crippen molar-refractivity contribution in [2.75, 3.05) is 18.0 Å². The van der Waals surface area contributed by atoms with Gasteiger partial charge in [-0.25, -0.2) is 0 Å². The number of piperidine rings is 1. The van der Waals surface area contributed by atoms with E-state index in [2.05, 4.69) is 17.6 Å². The summed E-state index contributed by atoms with van der Waals surface area (Å²) in [6.45, 7) is 3.52. The lowest BCUT2D eigenvalue weighted by atomic mass is 9.98. The first-order valence-corrected chi connectivity index (χ1v) is 8.52. The van der Waals surface area contributed by atoms with E-state index in [0.29, 0.717) is 11.6 Å². The van der Waals surface area contributed by atoms with Crippen LogP contribution >= 0.6 is 11.6 Å². The van der Waals surface area contributed by atoms with Crippen LogP contribution < -0.4 is 15.5 Å². The predicted octanol–water partition coefficient (Wildman–Crippen LogP) is 1.95. The summed E-state index contributed by atoms with van der Waals surface area (Å²) in [5.74, 6) is -0.315. The van der Waals surface area contributed by atoms with Crippen LogP contribution in [0.5, 0.6) is 0 Å². The zero-order valence-corrected chi connectivity index (χ0v) is 14.0. The molecule has 0 bridgehead atoms. The highest BCUT2D eigenvalue weighted by Gasteiger charge is 2.36. The number of hydrogen-bond acceptors (Lipinski definition) is 3. The topological polar surface area (TPSA) is 61.4 Å². The summed E-state index contributed by atoms with van der Waals surface area (Å²) in [4.78, 5) is 26.4. The van der Waals surface area contributed by atoms with Crippen molar-refractivity contribution in [1.82, 2.24) is 10.6 Å². The van der Waals surface area contributed by atoms with Crippen LogP contribution in [0.15, 0.2) is 24.3 Å². The van der Waals surface area contributed by atoms with Gasteiger partial charge in [0.15, 0.2) is 0 Å². The van der Waals surface area contributed by atoms with Gasteiger partial charge in [-0.05, 0) is 50.6 Å². The maximum atomic E-state index is 12.5. The molecule has 2 aliphatic rings. The summed E-state index contributed by atoms with van der Waals surface area (Å²) >= 11 is 5.88. The molecular weight excluding hydrogens is 314 g/mol. The van der Waals surface area contributed by atoms with Crippen LogP contribution in [-0.4, -0.2) is 37.0 Å². The molecule has 0 radical (unpaired) electrons. The Morgan fingerprint density at radius 1 is 1.35 bits per heavy atom. The molecule has 3 unspecified atom stereocenters. The first kappa shape index (κ1) is 16.3. The molecule has 2 amide bonds.